The number of rotatable bonds is 5. The Bertz CT molecular complexity index is 849. The molecule has 0 saturated heterocycles. The average Bonchev–Trinajstić information content (AvgIpc) is 2.63. The lowest BCUT2D eigenvalue weighted by Crippen LogP contribution is -2.00. The predicted molar refractivity (Wildman–Crippen MR) is 105 cm³/mol. The van der Waals surface area contributed by atoms with E-state index in [-0.39, 0.29) is 0 Å². The van der Waals surface area contributed by atoms with E-state index in [1.807, 2.05) is 6.20 Å². The average molecular weight is 331 g/mol. The molecule has 1 aromatic heterocycles. The van der Waals surface area contributed by atoms with Crippen LogP contribution >= 0.6 is 0 Å². The van der Waals surface area contributed by atoms with Crippen LogP contribution in [0.1, 0.15) is 30.0 Å². The fourth-order valence-corrected chi connectivity index (χ4v) is 3.18. The van der Waals surface area contributed by atoms with Crippen molar-refractivity contribution in [1.82, 2.24) is 4.98 Å². The van der Waals surface area contributed by atoms with E-state index in [4.69, 9.17) is 4.74 Å². The van der Waals surface area contributed by atoms with E-state index in [1.165, 1.54) is 27.8 Å². The zero-order valence-electron chi connectivity index (χ0n) is 15.5. The van der Waals surface area contributed by atoms with Gasteiger partial charge in [-0.15, -0.1) is 0 Å². The Morgan fingerprint density at radius 1 is 0.800 bits per heavy atom. The summed E-state index contributed by atoms with van der Waals surface area (Å²) in [6.45, 7) is 6.42. The number of nitrogens with zero attached hydrogens (tertiary/aromatic N) is 1. The van der Waals surface area contributed by atoms with Crippen LogP contribution in [0, 0.1) is 13.8 Å². The number of hydrogen-bond acceptors (Lipinski definition) is 2. The Labute approximate surface area is 150 Å². The zero-order chi connectivity index (χ0) is 17.8. The second kappa shape index (κ2) is 7.52. The maximum atomic E-state index is 5.64. The molecule has 0 aliphatic heterocycles. The topological polar surface area (TPSA) is 22.1 Å². The van der Waals surface area contributed by atoms with Crippen LogP contribution in [-0.4, -0.2) is 12.1 Å². The third-order valence-corrected chi connectivity index (χ3v) is 4.52. The molecule has 0 saturated carbocycles. The van der Waals surface area contributed by atoms with E-state index in [9.17, 15) is 0 Å². The molecule has 0 radical (unpaired) electrons. The minimum Gasteiger partial charge on any atom is -0.481 e. The minimum absolute atomic E-state index is 0.680. The lowest BCUT2D eigenvalue weighted by atomic mass is 9.90. The summed E-state index contributed by atoms with van der Waals surface area (Å²) in [7, 11) is 1.69. The van der Waals surface area contributed by atoms with Gasteiger partial charge in [0.1, 0.15) is 0 Å². The molecule has 0 atom stereocenters. The Hall–Kier alpha value is -2.61. The lowest BCUT2D eigenvalue weighted by Gasteiger charge is -2.18. The molecular weight excluding hydrogens is 306 g/mol. The summed E-state index contributed by atoms with van der Waals surface area (Å²) in [5.41, 5.74) is 8.45. The number of pyridine rings is 1. The van der Waals surface area contributed by atoms with Crippen molar-refractivity contribution < 1.29 is 4.74 Å². The highest BCUT2D eigenvalue weighted by Gasteiger charge is 2.18. The number of ether oxygens (including phenoxy) is 1. The SMILES string of the molecule is CCCc1cnc(OC)c(-c2ccc(C)cc2)c1-c1ccc(C)cc1. The first kappa shape index (κ1) is 17.2. The number of methoxy groups -OCH3 is 1. The maximum Gasteiger partial charge on any atom is 0.221 e. The van der Waals surface area contributed by atoms with E-state index in [0.29, 0.717) is 5.88 Å². The van der Waals surface area contributed by atoms with E-state index >= 15 is 0 Å². The molecule has 1 heterocycles. The molecule has 0 fully saturated rings. The quantitative estimate of drug-likeness (QED) is 0.572. The van der Waals surface area contributed by atoms with Crippen molar-refractivity contribution in [1.29, 1.82) is 0 Å². The van der Waals surface area contributed by atoms with Gasteiger partial charge in [-0.1, -0.05) is 73.0 Å². The van der Waals surface area contributed by atoms with Gasteiger partial charge in [-0.25, -0.2) is 4.98 Å². The van der Waals surface area contributed by atoms with Crippen molar-refractivity contribution in [2.45, 2.75) is 33.6 Å². The number of benzene rings is 2. The van der Waals surface area contributed by atoms with Crippen molar-refractivity contribution in [3.05, 3.63) is 71.4 Å². The van der Waals surface area contributed by atoms with Gasteiger partial charge in [0, 0.05) is 6.20 Å². The van der Waals surface area contributed by atoms with E-state index in [2.05, 4.69) is 74.3 Å². The van der Waals surface area contributed by atoms with Gasteiger partial charge < -0.3 is 4.74 Å². The third kappa shape index (κ3) is 3.58. The van der Waals surface area contributed by atoms with Crippen LogP contribution in [0.25, 0.3) is 22.3 Å². The first-order valence-corrected chi connectivity index (χ1v) is 8.84. The summed E-state index contributed by atoms with van der Waals surface area (Å²) in [6, 6.07) is 17.3. The Morgan fingerprint density at radius 2 is 1.32 bits per heavy atom. The third-order valence-electron chi connectivity index (χ3n) is 4.52. The normalized spacial score (nSPS) is 10.7. The molecule has 128 valence electrons. The fourth-order valence-electron chi connectivity index (χ4n) is 3.18. The van der Waals surface area contributed by atoms with Crippen LogP contribution in [0.3, 0.4) is 0 Å². The largest absolute Gasteiger partial charge is 0.481 e. The van der Waals surface area contributed by atoms with Crippen LogP contribution in [-0.2, 0) is 6.42 Å². The van der Waals surface area contributed by atoms with Gasteiger partial charge in [0.25, 0.3) is 0 Å². The highest BCUT2D eigenvalue weighted by Crippen LogP contribution is 2.40. The standard InChI is InChI=1S/C23H25NO/c1-5-6-20-15-24-23(25-4)22(19-13-9-17(3)10-14-19)21(20)18-11-7-16(2)8-12-18/h7-15H,5-6H2,1-4H3. The van der Waals surface area contributed by atoms with Gasteiger partial charge in [-0.3, -0.25) is 0 Å². The van der Waals surface area contributed by atoms with E-state index in [1.54, 1.807) is 7.11 Å². The molecule has 2 heteroatoms. The molecule has 0 aliphatic rings. The molecular formula is C23H25NO. The monoisotopic (exact) mass is 331 g/mol. The molecule has 3 aromatic rings. The van der Waals surface area contributed by atoms with Crippen LogP contribution in [0.4, 0.5) is 0 Å². The second-order valence-corrected chi connectivity index (χ2v) is 6.52. The molecule has 3 rings (SSSR count). The van der Waals surface area contributed by atoms with Gasteiger partial charge in [0.05, 0.1) is 12.7 Å². The van der Waals surface area contributed by atoms with Crippen LogP contribution in [0.2, 0.25) is 0 Å². The van der Waals surface area contributed by atoms with Crippen LogP contribution in [0.15, 0.2) is 54.7 Å². The van der Waals surface area contributed by atoms with Gasteiger partial charge >= 0.3 is 0 Å². The first-order valence-electron chi connectivity index (χ1n) is 8.84. The Morgan fingerprint density at radius 3 is 1.80 bits per heavy atom. The summed E-state index contributed by atoms with van der Waals surface area (Å²) in [4.78, 5) is 4.60. The van der Waals surface area contributed by atoms with Crippen molar-refractivity contribution in [3.8, 4) is 28.1 Å². The lowest BCUT2D eigenvalue weighted by molar-refractivity contribution is 0.399. The molecule has 0 amide bonds. The van der Waals surface area contributed by atoms with Crippen LogP contribution < -0.4 is 4.74 Å². The van der Waals surface area contributed by atoms with Crippen molar-refractivity contribution in [3.63, 3.8) is 0 Å². The molecule has 0 bridgehead atoms. The summed E-state index contributed by atoms with van der Waals surface area (Å²) < 4.78 is 5.64. The number of hydrogen-bond donors (Lipinski definition) is 0. The first-order chi connectivity index (χ1) is 12.1. The predicted octanol–water partition coefficient (Wildman–Crippen LogP) is 5.99. The van der Waals surface area contributed by atoms with Gasteiger partial charge in [0.15, 0.2) is 0 Å². The maximum absolute atomic E-state index is 5.64. The highest BCUT2D eigenvalue weighted by atomic mass is 16.5. The van der Waals surface area contributed by atoms with Gasteiger partial charge in [0.2, 0.25) is 5.88 Å². The van der Waals surface area contributed by atoms with Crippen molar-refractivity contribution in [2.75, 3.05) is 7.11 Å². The molecule has 0 aliphatic carbocycles. The molecule has 2 aromatic carbocycles. The smallest absolute Gasteiger partial charge is 0.221 e. The molecule has 0 unspecified atom stereocenters. The summed E-state index contributed by atoms with van der Waals surface area (Å²) in [6.07, 6.45) is 4.05. The Kier molecular flexibility index (Phi) is 5.18. The van der Waals surface area contributed by atoms with Crippen LogP contribution in [0.5, 0.6) is 5.88 Å². The van der Waals surface area contributed by atoms with Crippen molar-refractivity contribution in [2.24, 2.45) is 0 Å². The van der Waals surface area contributed by atoms with Crippen molar-refractivity contribution >= 4 is 0 Å². The zero-order valence-corrected chi connectivity index (χ0v) is 15.5. The van der Waals surface area contributed by atoms with E-state index in [0.717, 1.165) is 24.0 Å². The van der Waals surface area contributed by atoms with Gasteiger partial charge in [-0.2, -0.15) is 0 Å². The van der Waals surface area contributed by atoms with Gasteiger partial charge in [-0.05, 0) is 42.5 Å². The molecule has 0 N–H and O–H groups in total. The molecule has 0 spiro atoms. The number of aromatic nitrogens is 1. The molecule has 25 heavy (non-hydrogen) atoms. The summed E-state index contributed by atoms with van der Waals surface area (Å²) >= 11 is 0. The fraction of sp³-hybridized carbons (Fsp3) is 0.261. The highest BCUT2D eigenvalue weighted by molar-refractivity contribution is 5.88. The molecule has 2 nitrogen and oxygen atoms in total. The van der Waals surface area contributed by atoms with E-state index < -0.39 is 0 Å². The summed E-state index contributed by atoms with van der Waals surface area (Å²) in [5, 5.41) is 0. The second-order valence-electron chi connectivity index (χ2n) is 6.52. The summed E-state index contributed by atoms with van der Waals surface area (Å²) in [5.74, 6) is 0.680. The Balaban J connectivity index is 2.31. The number of aryl methyl sites for hydroxylation is 3. The minimum atomic E-state index is 0.680.